The molecule has 0 heterocycles. The molecule has 0 spiro atoms. The number of ether oxygens (including phenoxy) is 2. The van der Waals surface area contributed by atoms with E-state index in [0.717, 1.165) is 19.2 Å². The number of rotatable bonds is 4. The van der Waals surface area contributed by atoms with Crippen LogP contribution in [0.25, 0.3) is 0 Å². The quantitative estimate of drug-likeness (QED) is 0.838. The lowest BCUT2D eigenvalue weighted by atomic mass is 10.2. The molecular weight excluding hydrogens is 251 g/mol. The molecule has 1 atom stereocenters. The van der Waals surface area contributed by atoms with Gasteiger partial charge in [0, 0.05) is 0 Å². The summed E-state index contributed by atoms with van der Waals surface area (Å²) in [6.07, 6.45) is -4.52. The van der Waals surface area contributed by atoms with E-state index >= 15 is 0 Å². The topological polar surface area (TPSA) is 61.5 Å². The molecule has 0 amide bonds. The van der Waals surface area contributed by atoms with Gasteiger partial charge in [-0.25, -0.2) is 0 Å². The van der Waals surface area contributed by atoms with Crippen LogP contribution in [-0.2, 0) is 15.7 Å². The van der Waals surface area contributed by atoms with Crippen LogP contribution in [0.3, 0.4) is 0 Å². The predicted molar refractivity (Wildman–Crippen MR) is 56.9 cm³/mol. The monoisotopic (exact) mass is 263 g/mol. The lowest BCUT2D eigenvalue weighted by Gasteiger charge is -2.15. The zero-order chi connectivity index (χ0) is 13.8. The lowest BCUT2D eigenvalue weighted by molar-refractivity contribution is -0.143. The Labute approximate surface area is 101 Å². The Balaban J connectivity index is 2.77. The summed E-state index contributed by atoms with van der Waals surface area (Å²) in [7, 11) is 1.13. The Kier molecular flexibility index (Phi) is 4.55. The molecule has 1 rings (SSSR count). The van der Waals surface area contributed by atoms with Crippen LogP contribution in [0.1, 0.15) is 5.56 Å². The molecule has 0 aliphatic rings. The highest BCUT2D eigenvalue weighted by atomic mass is 19.4. The van der Waals surface area contributed by atoms with E-state index in [9.17, 15) is 18.0 Å². The number of benzene rings is 1. The Morgan fingerprint density at radius 3 is 2.56 bits per heavy atom. The zero-order valence-corrected chi connectivity index (χ0v) is 9.53. The van der Waals surface area contributed by atoms with Gasteiger partial charge in [0.2, 0.25) is 0 Å². The largest absolute Gasteiger partial charge is 0.491 e. The minimum absolute atomic E-state index is 0.371. The highest BCUT2D eigenvalue weighted by Crippen LogP contribution is 2.35. The molecule has 0 bridgehead atoms. The third-order valence-corrected chi connectivity index (χ3v) is 2.11. The van der Waals surface area contributed by atoms with Crippen molar-refractivity contribution in [1.29, 1.82) is 0 Å². The smallest absolute Gasteiger partial charge is 0.419 e. The number of para-hydroxylation sites is 1. The first-order chi connectivity index (χ1) is 8.36. The van der Waals surface area contributed by atoms with Crippen molar-refractivity contribution in [1.82, 2.24) is 0 Å². The van der Waals surface area contributed by atoms with Crippen LogP contribution in [0.4, 0.5) is 13.2 Å². The van der Waals surface area contributed by atoms with Gasteiger partial charge in [-0.15, -0.1) is 0 Å². The van der Waals surface area contributed by atoms with Gasteiger partial charge in [-0.1, -0.05) is 12.1 Å². The number of hydrogen-bond acceptors (Lipinski definition) is 4. The van der Waals surface area contributed by atoms with Crippen molar-refractivity contribution < 1.29 is 27.4 Å². The van der Waals surface area contributed by atoms with E-state index in [1.165, 1.54) is 12.1 Å². The molecule has 1 aromatic rings. The molecule has 1 unspecified atom stereocenters. The van der Waals surface area contributed by atoms with Crippen LogP contribution < -0.4 is 10.5 Å². The van der Waals surface area contributed by atoms with E-state index in [0.29, 0.717) is 0 Å². The summed E-state index contributed by atoms with van der Waals surface area (Å²) in [6.45, 7) is -0.389. The van der Waals surface area contributed by atoms with Gasteiger partial charge in [0.1, 0.15) is 18.4 Å². The second kappa shape index (κ2) is 5.72. The normalized spacial score (nSPS) is 12.9. The van der Waals surface area contributed by atoms with Gasteiger partial charge in [-0.05, 0) is 12.1 Å². The molecule has 0 aliphatic carbocycles. The highest BCUT2D eigenvalue weighted by molar-refractivity contribution is 5.75. The SMILES string of the molecule is COC(=O)C(N)COc1ccccc1C(F)(F)F. The van der Waals surface area contributed by atoms with Crippen molar-refractivity contribution in [2.45, 2.75) is 12.2 Å². The molecule has 18 heavy (non-hydrogen) atoms. The first-order valence-corrected chi connectivity index (χ1v) is 4.98. The summed E-state index contributed by atoms with van der Waals surface area (Å²) in [6, 6.07) is 3.56. The number of nitrogens with two attached hydrogens (primary N) is 1. The van der Waals surface area contributed by atoms with Gasteiger partial charge in [0.15, 0.2) is 0 Å². The van der Waals surface area contributed by atoms with Crippen molar-refractivity contribution in [3.8, 4) is 5.75 Å². The zero-order valence-electron chi connectivity index (χ0n) is 9.53. The fourth-order valence-corrected chi connectivity index (χ4v) is 1.23. The summed E-state index contributed by atoms with van der Waals surface area (Å²) in [5.74, 6) is -1.12. The molecule has 4 nitrogen and oxygen atoms in total. The van der Waals surface area contributed by atoms with E-state index in [2.05, 4.69) is 4.74 Å². The molecule has 0 saturated carbocycles. The fourth-order valence-electron chi connectivity index (χ4n) is 1.23. The summed E-state index contributed by atoms with van der Waals surface area (Å²) >= 11 is 0. The molecule has 100 valence electrons. The van der Waals surface area contributed by atoms with Gasteiger partial charge in [0.25, 0.3) is 0 Å². The number of carbonyl (C=O) groups is 1. The third-order valence-electron chi connectivity index (χ3n) is 2.11. The molecule has 1 aromatic carbocycles. The van der Waals surface area contributed by atoms with E-state index < -0.39 is 23.8 Å². The van der Waals surface area contributed by atoms with Gasteiger partial charge >= 0.3 is 12.1 Å². The molecule has 0 saturated heterocycles. The van der Waals surface area contributed by atoms with Crippen LogP contribution in [0.5, 0.6) is 5.75 Å². The molecule has 2 N–H and O–H groups in total. The number of esters is 1. The van der Waals surface area contributed by atoms with Crippen LogP contribution in [0, 0.1) is 0 Å². The molecule has 0 aromatic heterocycles. The Morgan fingerprint density at radius 2 is 2.00 bits per heavy atom. The molecular formula is C11H12F3NO3. The Hall–Kier alpha value is -1.76. The van der Waals surface area contributed by atoms with E-state index in [1.807, 2.05) is 0 Å². The standard InChI is InChI=1S/C11H12F3NO3/c1-17-10(16)8(15)6-18-9-5-3-2-4-7(9)11(12,13)14/h2-5,8H,6,15H2,1H3. The minimum Gasteiger partial charge on any atom is -0.491 e. The number of methoxy groups -OCH3 is 1. The lowest BCUT2D eigenvalue weighted by Crippen LogP contribution is -2.37. The highest BCUT2D eigenvalue weighted by Gasteiger charge is 2.34. The summed E-state index contributed by atoms with van der Waals surface area (Å²) < 4.78 is 47.0. The summed E-state index contributed by atoms with van der Waals surface area (Å²) in [5, 5.41) is 0. The van der Waals surface area contributed by atoms with E-state index in [-0.39, 0.29) is 12.4 Å². The number of hydrogen-bond donors (Lipinski definition) is 1. The van der Waals surface area contributed by atoms with Crippen molar-refractivity contribution in [3.63, 3.8) is 0 Å². The summed E-state index contributed by atoms with van der Waals surface area (Å²) in [4.78, 5) is 11.0. The number of alkyl halides is 3. The molecule has 0 aliphatic heterocycles. The maximum atomic E-state index is 12.6. The molecule has 0 fully saturated rings. The van der Waals surface area contributed by atoms with Crippen LogP contribution in [-0.4, -0.2) is 25.7 Å². The average molecular weight is 263 g/mol. The van der Waals surface area contributed by atoms with Crippen LogP contribution in [0.15, 0.2) is 24.3 Å². The fraction of sp³-hybridized carbons (Fsp3) is 0.364. The number of halogens is 3. The van der Waals surface area contributed by atoms with E-state index in [1.54, 1.807) is 0 Å². The maximum absolute atomic E-state index is 12.6. The second-order valence-electron chi connectivity index (χ2n) is 3.43. The molecule has 0 radical (unpaired) electrons. The summed E-state index contributed by atoms with van der Waals surface area (Å²) in [5.41, 5.74) is 4.44. The van der Waals surface area contributed by atoms with E-state index in [4.69, 9.17) is 10.5 Å². The van der Waals surface area contributed by atoms with Gasteiger partial charge in [-0.2, -0.15) is 13.2 Å². The Morgan fingerprint density at radius 1 is 1.39 bits per heavy atom. The van der Waals surface area contributed by atoms with Gasteiger partial charge in [0.05, 0.1) is 12.7 Å². The predicted octanol–water partition coefficient (Wildman–Crippen LogP) is 1.58. The van der Waals surface area contributed by atoms with Gasteiger partial charge in [-0.3, -0.25) is 4.79 Å². The van der Waals surface area contributed by atoms with Crippen molar-refractivity contribution in [2.75, 3.05) is 13.7 Å². The van der Waals surface area contributed by atoms with Crippen LogP contribution >= 0.6 is 0 Å². The van der Waals surface area contributed by atoms with Crippen molar-refractivity contribution in [3.05, 3.63) is 29.8 Å². The van der Waals surface area contributed by atoms with Crippen molar-refractivity contribution in [2.24, 2.45) is 5.73 Å². The van der Waals surface area contributed by atoms with Gasteiger partial charge < -0.3 is 15.2 Å². The maximum Gasteiger partial charge on any atom is 0.419 e. The second-order valence-corrected chi connectivity index (χ2v) is 3.43. The first-order valence-electron chi connectivity index (χ1n) is 4.98. The van der Waals surface area contributed by atoms with Crippen molar-refractivity contribution >= 4 is 5.97 Å². The Bertz CT molecular complexity index is 420. The third kappa shape index (κ3) is 3.63. The molecule has 7 heteroatoms. The average Bonchev–Trinajstić information content (AvgIpc) is 2.34. The number of carbonyl (C=O) groups excluding carboxylic acids is 1. The first kappa shape index (κ1) is 14.3. The minimum atomic E-state index is -4.52. The van der Waals surface area contributed by atoms with Crippen LogP contribution in [0.2, 0.25) is 0 Å².